The average Bonchev–Trinajstić information content (AvgIpc) is 2.56. The predicted octanol–water partition coefficient (Wildman–Crippen LogP) is 4.09. The van der Waals surface area contributed by atoms with Gasteiger partial charge in [-0.1, -0.05) is 23.2 Å². The van der Waals surface area contributed by atoms with E-state index in [4.69, 9.17) is 27.9 Å². The largest absolute Gasteiger partial charge is 0.449 e. The summed E-state index contributed by atoms with van der Waals surface area (Å²) >= 11 is 11.6. The molecule has 0 spiro atoms. The first-order chi connectivity index (χ1) is 11.8. The molecule has 0 unspecified atom stereocenters. The van der Waals surface area contributed by atoms with Crippen LogP contribution in [0.25, 0.3) is 0 Å². The third-order valence-electron chi connectivity index (χ3n) is 3.15. The van der Waals surface area contributed by atoms with Gasteiger partial charge in [0, 0.05) is 22.8 Å². The Kier molecular flexibility index (Phi) is 5.95. The van der Waals surface area contributed by atoms with E-state index in [2.05, 4.69) is 5.32 Å². The number of hydrogen-bond acceptors (Lipinski definition) is 5. The highest BCUT2D eigenvalue weighted by molar-refractivity contribution is 6.33. The highest BCUT2D eigenvalue weighted by Gasteiger charge is 2.22. The number of nitro groups is 1. The zero-order chi connectivity index (χ0) is 18.6. The maximum atomic E-state index is 12.1. The molecule has 0 heterocycles. The Balaban J connectivity index is 2.06. The Morgan fingerprint density at radius 3 is 2.40 bits per heavy atom. The van der Waals surface area contributed by atoms with E-state index in [0.29, 0.717) is 10.7 Å². The van der Waals surface area contributed by atoms with E-state index in [1.807, 2.05) is 0 Å². The van der Waals surface area contributed by atoms with Crippen LogP contribution in [0.4, 0.5) is 11.4 Å². The smallest absolute Gasteiger partial charge is 0.340 e. The van der Waals surface area contributed by atoms with E-state index in [1.165, 1.54) is 13.0 Å². The van der Waals surface area contributed by atoms with Crippen LogP contribution in [-0.4, -0.2) is 22.9 Å². The molecule has 0 aliphatic carbocycles. The molecule has 0 radical (unpaired) electrons. The molecular formula is C16H12Cl2N2O5. The number of rotatable bonds is 5. The summed E-state index contributed by atoms with van der Waals surface area (Å²) in [6.07, 6.45) is -1.14. The van der Waals surface area contributed by atoms with Crippen LogP contribution < -0.4 is 5.32 Å². The number of non-ortho nitro benzene ring substituents is 1. The lowest BCUT2D eigenvalue weighted by Crippen LogP contribution is -2.30. The van der Waals surface area contributed by atoms with E-state index >= 15 is 0 Å². The van der Waals surface area contributed by atoms with Crippen molar-refractivity contribution in [3.05, 3.63) is 68.2 Å². The summed E-state index contributed by atoms with van der Waals surface area (Å²) in [5, 5.41) is 13.8. The van der Waals surface area contributed by atoms with Crippen molar-refractivity contribution < 1.29 is 19.2 Å². The minimum Gasteiger partial charge on any atom is -0.449 e. The quantitative estimate of drug-likeness (QED) is 0.477. The van der Waals surface area contributed by atoms with E-state index in [9.17, 15) is 19.7 Å². The predicted molar refractivity (Wildman–Crippen MR) is 93.1 cm³/mol. The molecule has 9 heteroatoms. The van der Waals surface area contributed by atoms with Gasteiger partial charge in [-0.15, -0.1) is 0 Å². The second kappa shape index (κ2) is 7.96. The van der Waals surface area contributed by atoms with Gasteiger partial charge >= 0.3 is 5.97 Å². The highest BCUT2D eigenvalue weighted by Crippen LogP contribution is 2.23. The fourth-order valence-electron chi connectivity index (χ4n) is 1.84. The molecule has 1 atom stereocenters. The lowest BCUT2D eigenvalue weighted by Gasteiger charge is -2.14. The van der Waals surface area contributed by atoms with Crippen molar-refractivity contribution in [2.24, 2.45) is 0 Å². The van der Waals surface area contributed by atoms with Gasteiger partial charge in [0.1, 0.15) is 0 Å². The molecule has 2 aromatic carbocycles. The molecule has 0 aromatic heterocycles. The molecular weight excluding hydrogens is 371 g/mol. The van der Waals surface area contributed by atoms with E-state index < -0.39 is 22.9 Å². The Morgan fingerprint density at radius 1 is 1.16 bits per heavy atom. The molecule has 0 saturated heterocycles. The molecule has 2 aromatic rings. The molecule has 130 valence electrons. The van der Waals surface area contributed by atoms with Gasteiger partial charge in [-0.05, 0) is 37.3 Å². The average molecular weight is 383 g/mol. The maximum Gasteiger partial charge on any atom is 0.340 e. The number of esters is 1. The van der Waals surface area contributed by atoms with Gasteiger partial charge in [0.25, 0.3) is 11.6 Å². The first kappa shape index (κ1) is 18.7. The molecule has 1 N–H and O–H groups in total. The third-order valence-corrected chi connectivity index (χ3v) is 3.73. The number of nitrogens with zero attached hydrogens (tertiary/aromatic N) is 1. The molecule has 0 aliphatic heterocycles. The maximum absolute atomic E-state index is 12.1. The summed E-state index contributed by atoms with van der Waals surface area (Å²) in [4.78, 5) is 34.3. The SMILES string of the molecule is C[C@@H](OC(=O)c1cc([N+](=O)[O-])ccc1Cl)C(=O)Nc1ccc(Cl)cc1. The van der Waals surface area contributed by atoms with E-state index in [0.717, 1.165) is 12.1 Å². The van der Waals surface area contributed by atoms with Gasteiger partial charge in [0.15, 0.2) is 6.10 Å². The van der Waals surface area contributed by atoms with E-state index in [1.54, 1.807) is 24.3 Å². The number of amides is 1. The molecule has 2 rings (SSSR count). The van der Waals surface area contributed by atoms with Crippen LogP contribution in [0.2, 0.25) is 10.0 Å². The van der Waals surface area contributed by atoms with Crippen LogP contribution in [-0.2, 0) is 9.53 Å². The number of carbonyl (C=O) groups excluding carboxylic acids is 2. The fraction of sp³-hybridized carbons (Fsp3) is 0.125. The lowest BCUT2D eigenvalue weighted by atomic mass is 10.2. The number of benzene rings is 2. The number of nitro benzene ring substituents is 1. The summed E-state index contributed by atoms with van der Waals surface area (Å²) in [5.41, 5.74) is -0.0256. The van der Waals surface area contributed by atoms with Crippen molar-refractivity contribution in [2.45, 2.75) is 13.0 Å². The molecule has 0 saturated carbocycles. The third kappa shape index (κ3) is 4.91. The Bertz CT molecular complexity index is 824. The molecule has 1 amide bonds. The van der Waals surface area contributed by atoms with Crippen molar-refractivity contribution >= 4 is 46.5 Å². The number of hydrogen-bond donors (Lipinski definition) is 1. The summed E-state index contributed by atoms with van der Waals surface area (Å²) in [6, 6.07) is 9.74. The number of anilines is 1. The molecule has 0 fully saturated rings. The van der Waals surface area contributed by atoms with Gasteiger partial charge in [-0.3, -0.25) is 14.9 Å². The summed E-state index contributed by atoms with van der Waals surface area (Å²) in [5.74, 6) is -1.51. The summed E-state index contributed by atoms with van der Waals surface area (Å²) in [6.45, 7) is 1.37. The first-order valence-electron chi connectivity index (χ1n) is 6.99. The molecule has 0 bridgehead atoms. The Hall–Kier alpha value is -2.64. The fourth-order valence-corrected chi connectivity index (χ4v) is 2.16. The van der Waals surface area contributed by atoms with Crippen LogP contribution >= 0.6 is 23.2 Å². The van der Waals surface area contributed by atoms with Crippen molar-refractivity contribution in [3.8, 4) is 0 Å². The zero-order valence-corrected chi connectivity index (χ0v) is 14.4. The van der Waals surface area contributed by atoms with Crippen LogP contribution in [0.3, 0.4) is 0 Å². The van der Waals surface area contributed by atoms with E-state index in [-0.39, 0.29) is 16.3 Å². The van der Waals surface area contributed by atoms with Crippen molar-refractivity contribution in [1.29, 1.82) is 0 Å². The number of halogens is 2. The minimum absolute atomic E-state index is 0.0130. The van der Waals surface area contributed by atoms with Gasteiger partial charge in [0.05, 0.1) is 15.5 Å². The number of nitrogens with one attached hydrogen (secondary N) is 1. The lowest BCUT2D eigenvalue weighted by molar-refractivity contribution is -0.384. The van der Waals surface area contributed by atoms with Crippen LogP contribution in [0.15, 0.2) is 42.5 Å². The Morgan fingerprint density at radius 2 is 1.80 bits per heavy atom. The van der Waals surface area contributed by atoms with Crippen LogP contribution in [0, 0.1) is 10.1 Å². The molecule has 0 aliphatic rings. The summed E-state index contributed by atoms with van der Waals surface area (Å²) in [7, 11) is 0. The number of ether oxygens (including phenoxy) is 1. The summed E-state index contributed by atoms with van der Waals surface area (Å²) < 4.78 is 5.03. The van der Waals surface area contributed by atoms with Crippen LogP contribution in [0.5, 0.6) is 0 Å². The van der Waals surface area contributed by atoms with Gasteiger partial charge in [-0.2, -0.15) is 0 Å². The van der Waals surface area contributed by atoms with Gasteiger partial charge < -0.3 is 10.1 Å². The normalized spacial score (nSPS) is 11.5. The highest BCUT2D eigenvalue weighted by atomic mass is 35.5. The van der Waals surface area contributed by atoms with Gasteiger partial charge in [-0.25, -0.2) is 4.79 Å². The minimum atomic E-state index is -1.14. The standard InChI is InChI=1S/C16H12Cl2N2O5/c1-9(15(21)19-11-4-2-10(17)3-5-11)25-16(22)13-8-12(20(23)24)6-7-14(13)18/h2-9H,1H3,(H,19,21)/t9-/m1/s1. The second-order valence-corrected chi connectivity index (χ2v) is 5.81. The topological polar surface area (TPSA) is 98.5 Å². The van der Waals surface area contributed by atoms with Crippen molar-refractivity contribution in [1.82, 2.24) is 0 Å². The Labute approximate surface area is 152 Å². The first-order valence-corrected chi connectivity index (χ1v) is 7.75. The van der Waals surface area contributed by atoms with Crippen molar-refractivity contribution in [3.63, 3.8) is 0 Å². The monoisotopic (exact) mass is 382 g/mol. The second-order valence-electron chi connectivity index (χ2n) is 4.96. The van der Waals surface area contributed by atoms with Crippen molar-refractivity contribution in [2.75, 3.05) is 5.32 Å². The molecule has 7 nitrogen and oxygen atoms in total. The van der Waals surface area contributed by atoms with Crippen LogP contribution in [0.1, 0.15) is 17.3 Å². The van der Waals surface area contributed by atoms with Gasteiger partial charge in [0.2, 0.25) is 0 Å². The molecule has 25 heavy (non-hydrogen) atoms. The number of carbonyl (C=O) groups is 2. The zero-order valence-electron chi connectivity index (χ0n) is 12.9.